The number of nitro groups is 1. The number of amides is 1. The number of carbonyl (C=O) groups excluding carboxylic acids is 1. The number of ether oxygens (including phenoxy) is 1. The molecule has 4 rings (SSSR count). The molecule has 1 aliphatic heterocycles. The van der Waals surface area contributed by atoms with E-state index in [1.807, 2.05) is 0 Å². The molecule has 0 bridgehead atoms. The first kappa shape index (κ1) is 28.8. The summed E-state index contributed by atoms with van der Waals surface area (Å²) in [5.74, 6) is -0.846. The van der Waals surface area contributed by atoms with Gasteiger partial charge in [-0.05, 0) is 36.4 Å². The molecule has 1 fully saturated rings. The molecule has 1 aliphatic rings. The highest BCUT2D eigenvalue weighted by Crippen LogP contribution is 2.27. The van der Waals surface area contributed by atoms with E-state index in [2.05, 4.69) is 10.5 Å². The molecule has 0 spiro atoms. The van der Waals surface area contributed by atoms with E-state index in [4.69, 9.17) is 4.74 Å². The summed E-state index contributed by atoms with van der Waals surface area (Å²) in [6.45, 7) is -0.916. The molecule has 40 heavy (non-hydrogen) atoms. The molecule has 210 valence electrons. The van der Waals surface area contributed by atoms with Gasteiger partial charge >= 0.3 is 5.69 Å². The van der Waals surface area contributed by atoms with E-state index in [-0.39, 0.29) is 39.9 Å². The molecule has 1 saturated heterocycles. The van der Waals surface area contributed by atoms with E-state index in [0.29, 0.717) is 0 Å². The summed E-state index contributed by atoms with van der Waals surface area (Å²) in [6, 6.07) is 17.7. The van der Waals surface area contributed by atoms with Gasteiger partial charge in [-0.25, -0.2) is 22.3 Å². The number of nitrogens with one attached hydrogen (secondary N) is 1. The fourth-order valence-electron chi connectivity index (χ4n) is 4.11. The van der Waals surface area contributed by atoms with Crippen molar-refractivity contribution < 1.29 is 31.3 Å². The Balaban J connectivity index is 1.62. The Hall–Kier alpha value is -4.18. The normalized spacial score (nSPS) is 17.0. The molecule has 0 radical (unpaired) electrons. The van der Waals surface area contributed by atoms with E-state index in [9.17, 15) is 31.7 Å². The molecule has 13 nitrogen and oxygen atoms in total. The Morgan fingerprint density at radius 2 is 1.57 bits per heavy atom. The topological polar surface area (TPSA) is 169 Å². The van der Waals surface area contributed by atoms with E-state index in [1.165, 1.54) is 61.7 Å². The number of hydrazone groups is 1. The number of piperazine rings is 1. The lowest BCUT2D eigenvalue weighted by atomic mass is 10.2. The summed E-state index contributed by atoms with van der Waals surface area (Å²) in [5, 5.41) is 15.1. The van der Waals surface area contributed by atoms with Crippen molar-refractivity contribution in [3.63, 3.8) is 0 Å². The van der Waals surface area contributed by atoms with Gasteiger partial charge in [-0.15, -0.1) is 0 Å². The van der Waals surface area contributed by atoms with Crippen molar-refractivity contribution in [1.82, 2.24) is 14.0 Å². The monoisotopic (exact) mass is 587 g/mol. The minimum absolute atomic E-state index is 0.00708. The van der Waals surface area contributed by atoms with Gasteiger partial charge in [0.2, 0.25) is 20.0 Å². The summed E-state index contributed by atoms with van der Waals surface area (Å²) >= 11 is 0. The van der Waals surface area contributed by atoms with Crippen molar-refractivity contribution in [2.75, 3.05) is 26.7 Å². The summed E-state index contributed by atoms with van der Waals surface area (Å²) in [4.78, 5) is 23.9. The van der Waals surface area contributed by atoms with E-state index >= 15 is 0 Å². The van der Waals surface area contributed by atoms with Crippen molar-refractivity contribution in [2.45, 2.75) is 15.8 Å². The van der Waals surface area contributed by atoms with Crippen LogP contribution in [0.1, 0.15) is 5.56 Å². The second-order valence-corrected chi connectivity index (χ2v) is 12.4. The van der Waals surface area contributed by atoms with E-state index < -0.39 is 43.5 Å². The van der Waals surface area contributed by atoms with Crippen molar-refractivity contribution in [2.24, 2.45) is 5.10 Å². The molecule has 3 aromatic rings. The molecule has 0 aliphatic carbocycles. The lowest BCUT2D eigenvalue weighted by Gasteiger charge is -2.38. The van der Waals surface area contributed by atoms with Crippen LogP contribution in [0, 0.1) is 10.1 Å². The standard InChI is InChI=1S/C25H25N5O8S2/c1-38-24-13-12-19(16-22(24)30(32)33)17-26-27-25(31)23-18-28(39(34,35)20-8-4-2-5-9-20)14-15-29(23)40(36,37)21-10-6-3-7-11-21/h2-13,16-17,23H,14-15,18H2,1H3,(H,27,31)/b26-17-/t23-/m1/s1. The molecule has 3 aromatic carbocycles. The predicted molar refractivity (Wildman–Crippen MR) is 145 cm³/mol. The van der Waals surface area contributed by atoms with E-state index in [0.717, 1.165) is 14.8 Å². The quantitative estimate of drug-likeness (QED) is 0.225. The average Bonchev–Trinajstić information content (AvgIpc) is 2.97. The van der Waals surface area contributed by atoms with Crippen LogP contribution in [-0.2, 0) is 24.8 Å². The molecule has 0 unspecified atom stereocenters. The highest BCUT2D eigenvalue weighted by molar-refractivity contribution is 7.89. The molecular weight excluding hydrogens is 562 g/mol. The van der Waals surface area contributed by atoms with Gasteiger partial charge in [0.1, 0.15) is 6.04 Å². The van der Waals surface area contributed by atoms with Crippen LogP contribution in [0.25, 0.3) is 0 Å². The van der Waals surface area contributed by atoms with Gasteiger partial charge in [-0.2, -0.15) is 13.7 Å². The third kappa shape index (κ3) is 6.02. The van der Waals surface area contributed by atoms with E-state index in [1.54, 1.807) is 24.3 Å². The Morgan fingerprint density at radius 1 is 0.975 bits per heavy atom. The Kier molecular flexibility index (Phi) is 8.58. The largest absolute Gasteiger partial charge is 0.490 e. The zero-order valence-corrected chi connectivity index (χ0v) is 22.8. The number of nitrogens with zero attached hydrogens (tertiary/aromatic N) is 4. The number of hydrogen-bond donors (Lipinski definition) is 1. The number of rotatable bonds is 9. The van der Waals surface area contributed by atoms with Crippen LogP contribution in [0.4, 0.5) is 5.69 Å². The Bertz CT molecular complexity index is 1630. The van der Waals surface area contributed by atoms with Gasteiger partial charge in [0.15, 0.2) is 5.75 Å². The number of carbonyl (C=O) groups is 1. The average molecular weight is 588 g/mol. The maximum absolute atomic E-state index is 13.4. The molecule has 15 heteroatoms. The van der Waals surface area contributed by atoms with Crippen molar-refractivity contribution in [1.29, 1.82) is 0 Å². The molecule has 1 N–H and O–H groups in total. The summed E-state index contributed by atoms with van der Waals surface area (Å²) in [6.07, 6.45) is 1.14. The third-order valence-electron chi connectivity index (χ3n) is 6.12. The second kappa shape index (κ2) is 11.9. The zero-order valence-electron chi connectivity index (χ0n) is 21.2. The van der Waals surface area contributed by atoms with Gasteiger partial charge in [-0.1, -0.05) is 36.4 Å². The van der Waals surface area contributed by atoms with Crippen LogP contribution in [0.2, 0.25) is 0 Å². The predicted octanol–water partition coefficient (Wildman–Crippen LogP) is 1.82. The summed E-state index contributed by atoms with van der Waals surface area (Å²) < 4.78 is 60.4. The Morgan fingerprint density at radius 3 is 2.15 bits per heavy atom. The Labute approximate surface area is 230 Å². The maximum Gasteiger partial charge on any atom is 0.311 e. The van der Waals surface area contributed by atoms with Gasteiger partial charge in [0.05, 0.1) is 28.0 Å². The SMILES string of the molecule is COc1ccc(/C=N\NC(=O)[C@H]2CN(S(=O)(=O)c3ccccc3)CCN2S(=O)(=O)c2ccccc2)cc1[N+](=O)[O-]. The lowest BCUT2D eigenvalue weighted by Crippen LogP contribution is -2.60. The van der Waals surface area contributed by atoms with Crippen LogP contribution < -0.4 is 10.2 Å². The third-order valence-corrected chi connectivity index (χ3v) is 9.92. The van der Waals surface area contributed by atoms with Crippen LogP contribution in [-0.4, -0.2) is 75.3 Å². The summed E-state index contributed by atoms with van der Waals surface area (Å²) in [5.41, 5.74) is 2.19. The minimum atomic E-state index is -4.18. The molecule has 0 aromatic heterocycles. The molecule has 0 saturated carbocycles. The van der Waals surface area contributed by atoms with Crippen LogP contribution in [0.3, 0.4) is 0 Å². The highest BCUT2D eigenvalue weighted by Gasteiger charge is 2.43. The maximum atomic E-state index is 13.4. The number of benzene rings is 3. The minimum Gasteiger partial charge on any atom is -0.490 e. The number of hydrogen-bond acceptors (Lipinski definition) is 9. The first-order valence-electron chi connectivity index (χ1n) is 11.8. The molecule has 1 heterocycles. The first-order chi connectivity index (χ1) is 19.1. The number of sulfonamides is 2. The fourth-order valence-corrected chi connectivity index (χ4v) is 7.16. The van der Waals surface area contributed by atoms with Gasteiger partial charge in [0, 0.05) is 31.3 Å². The number of nitro benzene ring substituents is 1. The van der Waals surface area contributed by atoms with Crippen LogP contribution in [0.15, 0.2) is 93.8 Å². The number of methoxy groups -OCH3 is 1. The lowest BCUT2D eigenvalue weighted by molar-refractivity contribution is -0.385. The molecule has 1 amide bonds. The van der Waals surface area contributed by atoms with Gasteiger partial charge in [0.25, 0.3) is 5.91 Å². The fraction of sp³-hybridized carbons (Fsp3) is 0.200. The van der Waals surface area contributed by atoms with Crippen molar-refractivity contribution in [3.8, 4) is 5.75 Å². The first-order valence-corrected chi connectivity index (χ1v) is 14.7. The van der Waals surface area contributed by atoms with Crippen LogP contribution in [0.5, 0.6) is 5.75 Å². The zero-order chi connectivity index (χ0) is 28.9. The smallest absolute Gasteiger partial charge is 0.311 e. The van der Waals surface area contributed by atoms with Crippen molar-refractivity contribution >= 4 is 37.9 Å². The highest BCUT2D eigenvalue weighted by atomic mass is 32.2. The summed E-state index contributed by atoms with van der Waals surface area (Å²) in [7, 11) is -6.92. The molecule has 1 atom stereocenters. The van der Waals surface area contributed by atoms with Crippen LogP contribution >= 0.6 is 0 Å². The second-order valence-electron chi connectivity index (χ2n) is 8.54. The van der Waals surface area contributed by atoms with Crippen molar-refractivity contribution in [3.05, 3.63) is 94.5 Å². The van der Waals surface area contributed by atoms with Gasteiger partial charge in [-0.3, -0.25) is 14.9 Å². The molecular formula is C25H25N5O8S2. The van der Waals surface area contributed by atoms with Gasteiger partial charge < -0.3 is 4.74 Å².